The van der Waals surface area contributed by atoms with Crippen molar-refractivity contribution in [2.75, 3.05) is 18.5 Å². The number of aryl methyl sites for hydroxylation is 1. The first kappa shape index (κ1) is 20.4. The zero-order valence-corrected chi connectivity index (χ0v) is 18.9. The Balaban J connectivity index is 1.42. The van der Waals surface area contributed by atoms with Crippen LogP contribution in [0.4, 0.5) is 10.5 Å². The second kappa shape index (κ2) is 8.30. The van der Waals surface area contributed by atoms with E-state index >= 15 is 0 Å². The van der Waals surface area contributed by atoms with E-state index in [2.05, 4.69) is 65.5 Å². The lowest BCUT2D eigenvalue weighted by molar-refractivity contribution is 0.171. The molecular weight excluding hydrogens is 426 g/mol. The van der Waals surface area contributed by atoms with E-state index in [1.807, 2.05) is 41.3 Å². The number of fused-ring (bicyclic) bond motifs is 4. The van der Waals surface area contributed by atoms with E-state index in [0.29, 0.717) is 36.9 Å². The Hall–Kier alpha value is -4.19. The average molecular weight is 452 g/mol. The maximum atomic E-state index is 13.8. The molecule has 4 aromatic rings. The number of carbonyl (C=O) groups excluding carboxylic acids is 1. The molecule has 0 spiro atoms. The summed E-state index contributed by atoms with van der Waals surface area (Å²) in [7, 11) is 0. The Bertz CT molecular complexity index is 1360. The van der Waals surface area contributed by atoms with Crippen molar-refractivity contribution in [1.29, 1.82) is 0 Å². The number of aromatic nitrogens is 1. The molecule has 2 aliphatic heterocycles. The largest absolute Gasteiger partial charge is 0.486 e. The second-order valence-corrected chi connectivity index (χ2v) is 8.66. The van der Waals surface area contributed by atoms with E-state index in [9.17, 15) is 4.79 Å². The highest BCUT2D eigenvalue weighted by Gasteiger charge is 2.33. The van der Waals surface area contributed by atoms with Crippen molar-refractivity contribution in [3.8, 4) is 17.2 Å². The first-order chi connectivity index (χ1) is 16.7. The SMILES string of the molecule is Cc1ccc([C@@H]2c3cccn3-c3ccccc3CN2C(=O)Nc2ccc3c(c2)OCCO3)cc1. The van der Waals surface area contributed by atoms with E-state index in [-0.39, 0.29) is 12.1 Å². The molecule has 2 amide bonds. The summed E-state index contributed by atoms with van der Waals surface area (Å²) in [5.74, 6) is 1.34. The predicted octanol–water partition coefficient (Wildman–Crippen LogP) is 5.69. The molecule has 0 bridgehead atoms. The van der Waals surface area contributed by atoms with Crippen LogP contribution in [-0.2, 0) is 6.54 Å². The minimum Gasteiger partial charge on any atom is -0.486 e. The van der Waals surface area contributed by atoms with Crippen molar-refractivity contribution >= 4 is 11.7 Å². The van der Waals surface area contributed by atoms with Gasteiger partial charge in [0.25, 0.3) is 0 Å². The molecule has 34 heavy (non-hydrogen) atoms. The summed E-state index contributed by atoms with van der Waals surface area (Å²) >= 11 is 0. The van der Waals surface area contributed by atoms with Gasteiger partial charge in [0, 0.05) is 23.6 Å². The van der Waals surface area contributed by atoms with Gasteiger partial charge in [-0.3, -0.25) is 0 Å². The quantitative estimate of drug-likeness (QED) is 0.426. The Labute approximate surface area is 198 Å². The lowest BCUT2D eigenvalue weighted by Gasteiger charge is -2.31. The Morgan fingerprint density at radius 2 is 1.71 bits per heavy atom. The van der Waals surface area contributed by atoms with Crippen LogP contribution in [0, 0.1) is 6.92 Å². The summed E-state index contributed by atoms with van der Waals surface area (Å²) in [6.45, 7) is 3.58. The molecule has 170 valence electrons. The number of ether oxygens (including phenoxy) is 2. The molecule has 0 aliphatic carbocycles. The number of hydrogen-bond donors (Lipinski definition) is 1. The van der Waals surface area contributed by atoms with Crippen molar-refractivity contribution in [3.05, 3.63) is 107 Å². The number of anilines is 1. The molecular formula is C28H25N3O3. The zero-order valence-electron chi connectivity index (χ0n) is 18.9. The number of hydrogen-bond acceptors (Lipinski definition) is 3. The number of nitrogens with one attached hydrogen (secondary N) is 1. The van der Waals surface area contributed by atoms with Crippen molar-refractivity contribution < 1.29 is 14.3 Å². The highest BCUT2D eigenvalue weighted by Crippen LogP contribution is 2.38. The van der Waals surface area contributed by atoms with Crippen LogP contribution in [0.15, 0.2) is 85.1 Å². The molecule has 6 heteroatoms. The number of benzene rings is 3. The van der Waals surface area contributed by atoms with E-state index in [1.165, 1.54) is 5.56 Å². The van der Waals surface area contributed by atoms with Gasteiger partial charge >= 0.3 is 6.03 Å². The smallest absolute Gasteiger partial charge is 0.322 e. The molecule has 6 rings (SSSR count). The minimum absolute atomic E-state index is 0.174. The summed E-state index contributed by atoms with van der Waals surface area (Å²) in [6, 6.07) is 25.9. The van der Waals surface area contributed by atoms with Gasteiger partial charge in [0.15, 0.2) is 11.5 Å². The third-order valence-corrected chi connectivity index (χ3v) is 6.41. The van der Waals surface area contributed by atoms with Gasteiger partial charge in [-0.1, -0.05) is 48.0 Å². The summed E-state index contributed by atoms with van der Waals surface area (Å²) in [5.41, 5.74) is 6.15. The van der Waals surface area contributed by atoms with Crippen LogP contribution in [0.3, 0.4) is 0 Å². The number of rotatable bonds is 2. The third-order valence-electron chi connectivity index (χ3n) is 6.41. The molecule has 0 saturated heterocycles. The predicted molar refractivity (Wildman–Crippen MR) is 131 cm³/mol. The number of para-hydroxylation sites is 1. The highest BCUT2D eigenvalue weighted by atomic mass is 16.6. The lowest BCUT2D eigenvalue weighted by atomic mass is 10.0. The number of urea groups is 1. The Morgan fingerprint density at radius 1 is 0.912 bits per heavy atom. The van der Waals surface area contributed by atoms with Crippen molar-refractivity contribution in [3.63, 3.8) is 0 Å². The Kier molecular flexibility index (Phi) is 4.99. The normalized spacial score (nSPS) is 16.3. The van der Waals surface area contributed by atoms with Gasteiger partial charge in [-0.25, -0.2) is 4.79 Å². The van der Waals surface area contributed by atoms with Crippen LogP contribution in [0.5, 0.6) is 11.5 Å². The van der Waals surface area contributed by atoms with E-state index in [1.54, 1.807) is 0 Å². The van der Waals surface area contributed by atoms with Crippen molar-refractivity contribution in [1.82, 2.24) is 9.47 Å². The number of amides is 2. The molecule has 6 nitrogen and oxygen atoms in total. The molecule has 0 radical (unpaired) electrons. The lowest BCUT2D eigenvalue weighted by Crippen LogP contribution is -2.38. The van der Waals surface area contributed by atoms with Crippen molar-refractivity contribution in [2.24, 2.45) is 0 Å². The second-order valence-electron chi connectivity index (χ2n) is 8.66. The molecule has 0 fully saturated rings. The molecule has 0 saturated carbocycles. The molecule has 1 atom stereocenters. The molecule has 1 N–H and O–H groups in total. The fourth-order valence-corrected chi connectivity index (χ4v) is 4.76. The number of nitrogens with zero attached hydrogens (tertiary/aromatic N) is 2. The summed E-state index contributed by atoms with van der Waals surface area (Å²) < 4.78 is 13.5. The highest BCUT2D eigenvalue weighted by molar-refractivity contribution is 5.90. The fraction of sp³-hybridized carbons (Fsp3) is 0.179. The van der Waals surface area contributed by atoms with Gasteiger partial charge in [-0.15, -0.1) is 0 Å². The van der Waals surface area contributed by atoms with Gasteiger partial charge < -0.3 is 24.3 Å². The van der Waals surface area contributed by atoms with Gasteiger partial charge in [-0.2, -0.15) is 0 Å². The van der Waals surface area contributed by atoms with Crippen LogP contribution in [0.2, 0.25) is 0 Å². The molecule has 3 heterocycles. The van der Waals surface area contributed by atoms with Gasteiger partial charge in [0.1, 0.15) is 13.2 Å². The van der Waals surface area contributed by atoms with Gasteiger partial charge in [0.2, 0.25) is 0 Å². The van der Waals surface area contributed by atoms with Crippen LogP contribution in [-0.4, -0.2) is 28.7 Å². The minimum atomic E-state index is -0.250. The first-order valence-corrected chi connectivity index (χ1v) is 11.5. The van der Waals surface area contributed by atoms with Crippen molar-refractivity contribution in [2.45, 2.75) is 19.5 Å². The molecule has 0 unspecified atom stereocenters. The maximum absolute atomic E-state index is 13.8. The third kappa shape index (κ3) is 3.57. The zero-order chi connectivity index (χ0) is 23.1. The van der Waals surface area contributed by atoms with E-state index < -0.39 is 0 Å². The van der Waals surface area contributed by atoms with Crippen LogP contribution in [0.1, 0.15) is 28.4 Å². The molecule has 3 aromatic carbocycles. The van der Waals surface area contributed by atoms with E-state index in [0.717, 1.165) is 22.5 Å². The van der Waals surface area contributed by atoms with Crippen LogP contribution >= 0.6 is 0 Å². The Morgan fingerprint density at radius 3 is 2.56 bits per heavy atom. The summed E-state index contributed by atoms with van der Waals surface area (Å²) in [6.07, 6.45) is 2.07. The average Bonchev–Trinajstić information content (AvgIpc) is 3.29. The summed E-state index contributed by atoms with van der Waals surface area (Å²) in [5, 5.41) is 3.10. The first-order valence-electron chi connectivity index (χ1n) is 11.5. The molecule has 2 aliphatic rings. The van der Waals surface area contributed by atoms with Gasteiger partial charge in [0.05, 0.1) is 18.3 Å². The standard InChI is InChI=1S/C28H25N3O3/c1-19-8-10-20(11-9-19)27-24-7-4-14-30(24)23-6-3-2-5-21(23)18-31(27)28(32)29-22-12-13-25-26(17-22)34-16-15-33-25/h2-14,17,27H,15-16,18H2,1H3,(H,29,32)/t27-/m1/s1. The fourth-order valence-electron chi connectivity index (χ4n) is 4.76. The van der Waals surface area contributed by atoms with E-state index in [4.69, 9.17) is 9.47 Å². The monoisotopic (exact) mass is 451 g/mol. The summed E-state index contributed by atoms with van der Waals surface area (Å²) in [4.78, 5) is 15.7. The molecule has 1 aromatic heterocycles. The number of carbonyl (C=O) groups is 1. The maximum Gasteiger partial charge on any atom is 0.322 e. The topological polar surface area (TPSA) is 55.7 Å². The van der Waals surface area contributed by atoms with Gasteiger partial charge in [-0.05, 0) is 48.4 Å². The van der Waals surface area contributed by atoms with Crippen LogP contribution < -0.4 is 14.8 Å². The van der Waals surface area contributed by atoms with Crippen LogP contribution in [0.25, 0.3) is 5.69 Å².